The smallest absolute Gasteiger partial charge is 0.234 e. The van der Waals surface area contributed by atoms with Gasteiger partial charge in [-0.05, 0) is 19.8 Å². The van der Waals surface area contributed by atoms with Gasteiger partial charge in [0.05, 0.1) is 12.1 Å². The third-order valence-electron chi connectivity index (χ3n) is 2.88. The minimum atomic E-state index is -0.593. The summed E-state index contributed by atoms with van der Waals surface area (Å²) >= 11 is 0. The Labute approximate surface area is 91.6 Å². The first-order valence-corrected chi connectivity index (χ1v) is 5.54. The molecule has 1 aliphatic rings. The molecule has 1 saturated heterocycles. The fourth-order valence-corrected chi connectivity index (χ4v) is 1.70. The third kappa shape index (κ3) is 3.80. The van der Waals surface area contributed by atoms with Crippen LogP contribution in [0, 0.1) is 5.92 Å². The molecule has 1 aliphatic heterocycles. The van der Waals surface area contributed by atoms with Crippen LogP contribution in [0.3, 0.4) is 0 Å². The second-order valence-electron chi connectivity index (χ2n) is 5.24. The molecule has 0 saturated carbocycles. The van der Waals surface area contributed by atoms with Crippen molar-refractivity contribution in [1.29, 1.82) is 0 Å². The lowest BCUT2D eigenvalue weighted by atomic mass is 9.97. The normalized spacial score (nSPS) is 22.3. The summed E-state index contributed by atoms with van der Waals surface area (Å²) in [6.07, 6.45) is 0. The first-order valence-electron chi connectivity index (χ1n) is 5.54. The summed E-state index contributed by atoms with van der Waals surface area (Å²) in [5.41, 5.74) is -0.593. The molecule has 4 nitrogen and oxygen atoms in total. The molecule has 0 bridgehead atoms. The zero-order valence-electron chi connectivity index (χ0n) is 10.1. The number of carbonyl (C=O) groups excluding carboxylic acids is 1. The molecule has 0 aromatic carbocycles. The molecule has 15 heavy (non-hydrogen) atoms. The monoisotopic (exact) mass is 214 g/mol. The summed E-state index contributed by atoms with van der Waals surface area (Å²) in [4.78, 5) is 13.5. The van der Waals surface area contributed by atoms with Crippen molar-refractivity contribution in [1.82, 2.24) is 10.2 Å². The van der Waals surface area contributed by atoms with Crippen LogP contribution in [-0.2, 0) is 4.79 Å². The molecule has 0 radical (unpaired) electrons. The van der Waals surface area contributed by atoms with E-state index in [0.717, 1.165) is 0 Å². The van der Waals surface area contributed by atoms with Crippen molar-refractivity contribution in [3.63, 3.8) is 0 Å². The Balaban J connectivity index is 2.20. The molecule has 88 valence electrons. The Morgan fingerprint density at radius 2 is 2.00 bits per heavy atom. The number of amides is 1. The molecule has 1 unspecified atom stereocenters. The highest BCUT2D eigenvalue weighted by molar-refractivity contribution is 5.78. The molecular formula is C11H22N2O2. The SMILES string of the molecule is CC(C)C(C)NC(=O)CN1CC(C)(O)C1. The average molecular weight is 214 g/mol. The van der Waals surface area contributed by atoms with Crippen LogP contribution in [0.25, 0.3) is 0 Å². The summed E-state index contributed by atoms with van der Waals surface area (Å²) in [6, 6.07) is 0.208. The molecule has 0 aromatic rings. The average Bonchev–Trinajstić information content (AvgIpc) is 1.99. The number of aliphatic hydroxyl groups is 1. The van der Waals surface area contributed by atoms with E-state index in [-0.39, 0.29) is 11.9 Å². The van der Waals surface area contributed by atoms with Gasteiger partial charge in [0.25, 0.3) is 0 Å². The van der Waals surface area contributed by atoms with Gasteiger partial charge in [0.2, 0.25) is 5.91 Å². The zero-order valence-corrected chi connectivity index (χ0v) is 10.1. The maximum atomic E-state index is 11.5. The van der Waals surface area contributed by atoms with Gasteiger partial charge < -0.3 is 10.4 Å². The van der Waals surface area contributed by atoms with Crippen LogP contribution < -0.4 is 5.32 Å². The van der Waals surface area contributed by atoms with Crippen LogP contribution in [0.15, 0.2) is 0 Å². The van der Waals surface area contributed by atoms with E-state index >= 15 is 0 Å². The summed E-state index contributed by atoms with van der Waals surface area (Å²) in [5.74, 6) is 0.500. The van der Waals surface area contributed by atoms with E-state index < -0.39 is 5.60 Å². The van der Waals surface area contributed by atoms with Gasteiger partial charge in [0.15, 0.2) is 0 Å². The number of carbonyl (C=O) groups is 1. The first-order chi connectivity index (χ1) is 6.80. The highest BCUT2D eigenvalue weighted by atomic mass is 16.3. The number of β-amino-alcohol motifs (C(OH)–C–C–N with tert-alkyl or cyclic N) is 1. The van der Waals surface area contributed by atoms with Crippen LogP contribution >= 0.6 is 0 Å². The Morgan fingerprint density at radius 3 is 2.40 bits per heavy atom. The number of rotatable bonds is 4. The molecule has 0 aliphatic carbocycles. The van der Waals surface area contributed by atoms with E-state index in [4.69, 9.17) is 0 Å². The number of nitrogens with zero attached hydrogens (tertiary/aromatic N) is 1. The second-order valence-corrected chi connectivity index (χ2v) is 5.24. The largest absolute Gasteiger partial charge is 0.388 e. The Hall–Kier alpha value is -0.610. The van der Waals surface area contributed by atoms with E-state index in [2.05, 4.69) is 19.2 Å². The van der Waals surface area contributed by atoms with Crippen molar-refractivity contribution in [3.8, 4) is 0 Å². The van der Waals surface area contributed by atoms with Crippen molar-refractivity contribution in [2.75, 3.05) is 19.6 Å². The van der Waals surface area contributed by atoms with Gasteiger partial charge >= 0.3 is 0 Å². The molecule has 4 heteroatoms. The standard InChI is InChI=1S/C11H22N2O2/c1-8(2)9(3)12-10(14)5-13-6-11(4,15)7-13/h8-9,15H,5-7H2,1-4H3,(H,12,14). The van der Waals surface area contributed by atoms with Gasteiger partial charge in [-0.15, -0.1) is 0 Å². The lowest BCUT2D eigenvalue weighted by Crippen LogP contribution is -2.62. The maximum absolute atomic E-state index is 11.5. The summed E-state index contributed by atoms with van der Waals surface area (Å²) in [5, 5.41) is 12.4. The van der Waals surface area contributed by atoms with Crippen LogP contribution in [0.5, 0.6) is 0 Å². The van der Waals surface area contributed by atoms with Gasteiger partial charge in [0.1, 0.15) is 0 Å². The quantitative estimate of drug-likeness (QED) is 0.703. The fourth-order valence-electron chi connectivity index (χ4n) is 1.70. The van der Waals surface area contributed by atoms with E-state index in [1.165, 1.54) is 0 Å². The number of hydrogen-bond donors (Lipinski definition) is 2. The molecular weight excluding hydrogens is 192 g/mol. The molecule has 1 amide bonds. The first kappa shape index (κ1) is 12.5. The lowest BCUT2D eigenvalue weighted by Gasteiger charge is -2.43. The van der Waals surface area contributed by atoms with Gasteiger partial charge in [-0.3, -0.25) is 9.69 Å². The second kappa shape index (κ2) is 4.49. The lowest BCUT2D eigenvalue weighted by molar-refractivity contribution is -0.130. The van der Waals surface area contributed by atoms with E-state index in [9.17, 15) is 9.90 Å². The molecule has 2 N–H and O–H groups in total. The summed E-state index contributed by atoms with van der Waals surface area (Å²) in [6.45, 7) is 9.55. The highest BCUT2D eigenvalue weighted by Crippen LogP contribution is 2.18. The molecule has 1 rings (SSSR count). The van der Waals surface area contributed by atoms with Gasteiger partial charge in [-0.2, -0.15) is 0 Å². The molecule has 1 heterocycles. The summed E-state index contributed by atoms with van der Waals surface area (Å²) in [7, 11) is 0. The van der Waals surface area contributed by atoms with Crippen molar-refractivity contribution in [2.24, 2.45) is 5.92 Å². The third-order valence-corrected chi connectivity index (χ3v) is 2.88. The van der Waals surface area contributed by atoms with E-state index in [0.29, 0.717) is 25.6 Å². The van der Waals surface area contributed by atoms with Crippen molar-refractivity contribution >= 4 is 5.91 Å². The highest BCUT2D eigenvalue weighted by Gasteiger charge is 2.37. The molecule has 1 fully saturated rings. The van der Waals surface area contributed by atoms with Crippen LogP contribution in [0.4, 0.5) is 0 Å². The van der Waals surface area contributed by atoms with Crippen molar-refractivity contribution < 1.29 is 9.90 Å². The maximum Gasteiger partial charge on any atom is 0.234 e. The number of hydrogen-bond acceptors (Lipinski definition) is 3. The number of likely N-dealkylation sites (tertiary alicyclic amines) is 1. The Kier molecular flexibility index (Phi) is 3.73. The van der Waals surface area contributed by atoms with E-state index in [1.807, 2.05) is 11.8 Å². The Bertz CT molecular complexity index is 231. The topological polar surface area (TPSA) is 52.6 Å². The van der Waals surface area contributed by atoms with E-state index in [1.54, 1.807) is 6.92 Å². The van der Waals surface area contributed by atoms with Gasteiger partial charge in [0, 0.05) is 19.1 Å². The molecule has 0 spiro atoms. The predicted octanol–water partition coefficient (Wildman–Crippen LogP) is 0.214. The minimum Gasteiger partial charge on any atom is -0.388 e. The van der Waals surface area contributed by atoms with Crippen LogP contribution in [0.2, 0.25) is 0 Å². The van der Waals surface area contributed by atoms with Crippen molar-refractivity contribution in [2.45, 2.75) is 39.3 Å². The fraction of sp³-hybridized carbons (Fsp3) is 0.909. The van der Waals surface area contributed by atoms with Crippen LogP contribution in [0.1, 0.15) is 27.7 Å². The van der Waals surface area contributed by atoms with Gasteiger partial charge in [-0.25, -0.2) is 0 Å². The number of nitrogens with one attached hydrogen (secondary N) is 1. The summed E-state index contributed by atoms with van der Waals surface area (Å²) < 4.78 is 0. The predicted molar refractivity (Wildman–Crippen MR) is 59.5 cm³/mol. The molecule has 0 aromatic heterocycles. The Morgan fingerprint density at radius 1 is 1.47 bits per heavy atom. The van der Waals surface area contributed by atoms with Crippen molar-refractivity contribution in [3.05, 3.63) is 0 Å². The van der Waals surface area contributed by atoms with Gasteiger partial charge in [-0.1, -0.05) is 13.8 Å². The minimum absolute atomic E-state index is 0.0479. The van der Waals surface area contributed by atoms with Crippen LogP contribution in [-0.4, -0.2) is 47.2 Å². The molecule has 1 atom stereocenters. The zero-order chi connectivity index (χ0) is 11.6.